The molecule has 0 fully saturated rings. The van der Waals surface area contributed by atoms with Crippen molar-refractivity contribution in [2.75, 3.05) is 11.9 Å². The number of hydrogen-bond acceptors (Lipinski definition) is 3. The molecule has 1 aromatic rings. The Bertz CT molecular complexity index is 439. The lowest BCUT2D eigenvalue weighted by molar-refractivity contribution is -0.139. The predicted octanol–water partition coefficient (Wildman–Crippen LogP) is 2.38. The highest BCUT2D eigenvalue weighted by Gasteiger charge is 2.16. The molecule has 0 heterocycles. The quantitative estimate of drug-likeness (QED) is 0.828. The van der Waals surface area contributed by atoms with Gasteiger partial charge in [0.1, 0.15) is 5.75 Å². The second-order valence-electron chi connectivity index (χ2n) is 4.73. The molecule has 19 heavy (non-hydrogen) atoms. The Morgan fingerprint density at radius 2 is 1.79 bits per heavy atom. The molecule has 0 saturated heterocycles. The lowest BCUT2D eigenvalue weighted by Crippen LogP contribution is -2.24. The Kier molecular flexibility index (Phi) is 5.36. The van der Waals surface area contributed by atoms with Crippen LogP contribution in [-0.2, 0) is 9.59 Å². The Labute approximate surface area is 112 Å². The molecule has 2 N–H and O–H groups in total. The molecule has 0 radical (unpaired) electrons. The third kappa shape index (κ3) is 4.99. The first-order valence-electron chi connectivity index (χ1n) is 6.15. The first-order chi connectivity index (χ1) is 8.90. The van der Waals surface area contributed by atoms with Gasteiger partial charge < -0.3 is 15.2 Å². The van der Waals surface area contributed by atoms with Gasteiger partial charge in [-0.3, -0.25) is 4.79 Å². The van der Waals surface area contributed by atoms with E-state index in [0.29, 0.717) is 11.4 Å². The Hall–Kier alpha value is -2.04. The number of benzene rings is 1. The number of nitrogens with one attached hydrogen (secondary N) is 1. The van der Waals surface area contributed by atoms with E-state index in [1.54, 1.807) is 24.3 Å². The molecule has 0 aromatic heterocycles. The number of carbonyl (C=O) groups is 2. The van der Waals surface area contributed by atoms with Gasteiger partial charge in [-0.2, -0.15) is 0 Å². The van der Waals surface area contributed by atoms with Crippen LogP contribution in [0.1, 0.15) is 20.8 Å². The predicted molar refractivity (Wildman–Crippen MR) is 72.2 cm³/mol. The van der Waals surface area contributed by atoms with Crippen LogP contribution in [0.25, 0.3) is 0 Å². The lowest BCUT2D eigenvalue weighted by Gasteiger charge is -2.15. The smallest absolute Gasteiger partial charge is 0.341 e. The van der Waals surface area contributed by atoms with Gasteiger partial charge in [-0.15, -0.1) is 0 Å². The van der Waals surface area contributed by atoms with Gasteiger partial charge in [0.2, 0.25) is 5.91 Å². The summed E-state index contributed by atoms with van der Waals surface area (Å²) in [5.74, 6) is -0.393. The van der Waals surface area contributed by atoms with Crippen molar-refractivity contribution >= 4 is 17.6 Å². The number of hydrogen-bond donors (Lipinski definition) is 2. The fourth-order valence-electron chi connectivity index (χ4n) is 1.34. The summed E-state index contributed by atoms with van der Waals surface area (Å²) in [7, 11) is 0. The van der Waals surface area contributed by atoms with Crippen LogP contribution in [0.15, 0.2) is 24.3 Å². The summed E-state index contributed by atoms with van der Waals surface area (Å²) in [6.45, 7) is 5.49. The maximum Gasteiger partial charge on any atom is 0.341 e. The van der Waals surface area contributed by atoms with Crippen molar-refractivity contribution in [1.29, 1.82) is 0 Å². The summed E-state index contributed by atoms with van der Waals surface area (Å²) in [4.78, 5) is 22.2. The zero-order valence-corrected chi connectivity index (χ0v) is 11.3. The van der Waals surface area contributed by atoms with E-state index in [2.05, 4.69) is 5.32 Å². The van der Waals surface area contributed by atoms with Crippen molar-refractivity contribution in [3.05, 3.63) is 24.3 Å². The van der Waals surface area contributed by atoms with E-state index in [1.807, 2.05) is 20.8 Å². The van der Waals surface area contributed by atoms with Gasteiger partial charge in [0, 0.05) is 11.6 Å². The summed E-state index contributed by atoms with van der Waals surface area (Å²) < 4.78 is 5.00. The Morgan fingerprint density at radius 3 is 2.26 bits per heavy atom. The second-order valence-corrected chi connectivity index (χ2v) is 4.73. The highest BCUT2D eigenvalue weighted by molar-refractivity contribution is 5.92. The molecule has 0 aliphatic rings. The van der Waals surface area contributed by atoms with Crippen molar-refractivity contribution in [2.45, 2.75) is 20.8 Å². The first-order valence-corrected chi connectivity index (χ1v) is 6.15. The fraction of sp³-hybridized carbons (Fsp3) is 0.429. The van der Waals surface area contributed by atoms with Gasteiger partial charge >= 0.3 is 5.97 Å². The molecule has 0 bridgehead atoms. The molecule has 1 rings (SSSR count). The van der Waals surface area contributed by atoms with Gasteiger partial charge in [-0.25, -0.2) is 4.79 Å². The topological polar surface area (TPSA) is 75.6 Å². The number of carboxylic acids is 1. The standard InChI is InChI=1S/C14H19NO4/c1-9(2)10(3)14(18)15-11-4-6-12(7-5-11)19-8-13(16)17/h4-7,9-10H,8H2,1-3H3,(H,15,18)(H,16,17). The van der Waals surface area contributed by atoms with Gasteiger partial charge in [-0.05, 0) is 30.2 Å². The van der Waals surface area contributed by atoms with Crippen molar-refractivity contribution in [3.8, 4) is 5.75 Å². The third-order valence-electron chi connectivity index (χ3n) is 2.90. The summed E-state index contributed by atoms with van der Waals surface area (Å²) >= 11 is 0. The fourth-order valence-corrected chi connectivity index (χ4v) is 1.34. The molecular formula is C14H19NO4. The average Bonchev–Trinajstić information content (AvgIpc) is 2.36. The molecular weight excluding hydrogens is 246 g/mol. The SMILES string of the molecule is CC(C)C(C)C(=O)Nc1ccc(OCC(=O)O)cc1. The number of anilines is 1. The van der Waals surface area contributed by atoms with Crippen molar-refractivity contribution in [3.63, 3.8) is 0 Å². The Morgan fingerprint density at radius 1 is 1.21 bits per heavy atom. The van der Waals surface area contributed by atoms with Crippen LogP contribution < -0.4 is 10.1 Å². The summed E-state index contributed by atoms with van der Waals surface area (Å²) in [6, 6.07) is 6.61. The second kappa shape index (κ2) is 6.78. The number of carboxylic acid groups (broad SMARTS) is 1. The van der Waals surface area contributed by atoms with Crippen molar-refractivity contribution < 1.29 is 19.4 Å². The van der Waals surface area contributed by atoms with Crippen molar-refractivity contribution in [2.24, 2.45) is 11.8 Å². The molecule has 104 valence electrons. The van der Waals surface area contributed by atoms with E-state index in [1.165, 1.54) is 0 Å². The van der Waals surface area contributed by atoms with Crippen LogP contribution in [0, 0.1) is 11.8 Å². The maximum atomic E-state index is 11.8. The van der Waals surface area contributed by atoms with Crippen LogP contribution in [0.5, 0.6) is 5.75 Å². The van der Waals surface area contributed by atoms with Gasteiger partial charge in [0.05, 0.1) is 0 Å². The van der Waals surface area contributed by atoms with Crippen LogP contribution in [-0.4, -0.2) is 23.6 Å². The molecule has 1 amide bonds. The van der Waals surface area contributed by atoms with Crippen LogP contribution in [0.2, 0.25) is 0 Å². The third-order valence-corrected chi connectivity index (χ3v) is 2.90. The first kappa shape index (κ1) is 15.0. The lowest BCUT2D eigenvalue weighted by atomic mass is 9.97. The van der Waals surface area contributed by atoms with E-state index in [9.17, 15) is 9.59 Å². The van der Waals surface area contributed by atoms with Gasteiger partial charge in [0.15, 0.2) is 6.61 Å². The van der Waals surface area contributed by atoms with Crippen molar-refractivity contribution in [1.82, 2.24) is 0 Å². The van der Waals surface area contributed by atoms with Gasteiger partial charge in [0.25, 0.3) is 0 Å². The number of rotatable bonds is 6. The normalized spacial score (nSPS) is 12.0. The summed E-state index contributed by atoms with van der Waals surface area (Å²) in [5.41, 5.74) is 0.667. The molecule has 5 heteroatoms. The van der Waals surface area contributed by atoms with Crippen LogP contribution in [0.4, 0.5) is 5.69 Å². The minimum Gasteiger partial charge on any atom is -0.482 e. The average molecular weight is 265 g/mol. The summed E-state index contributed by atoms with van der Waals surface area (Å²) in [6.07, 6.45) is 0. The van der Waals surface area contributed by atoms with E-state index in [-0.39, 0.29) is 24.3 Å². The van der Waals surface area contributed by atoms with E-state index < -0.39 is 5.97 Å². The van der Waals surface area contributed by atoms with E-state index in [4.69, 9.17) is 9.84 Å². The number of carbonyl (C=O) groups excluding carboxylic acids is 1. The molecule has 5 nitrogen and oxygen atoms in total. The monoisotopic (exact) mass is 265 g/mol. The Balaban J connectivity index is 2.57. The van der Waals surface area contributed by atoms with E-state index >= 15 is 0 Å². The molecule has 1 unspecified atom stereocenters. The molecule has 0 spiro atoms. The minimum absolute atomic E-state index is 0.0331. The van der Waals surface area contributed by atoms with Crippen LogP contribution in [0.3, 0.4) is 0 Å². The van der Waals surface area contributed by atoms with Gasteiger partial charge in [-0.1, -0.05) is 20.8 Å². The zero-order valence-electron chi connectivity index (χ0n) is 11.3. The molecule has 1 aromatic carbocycles. The van der Waals surface area contributed by atoms with E-state index in [0.717, 1.165) is 0 Å². The number of aliphatic carboxylic acids is 1. The largest absolute Gasteiger partial charge is 0.482 e. The van der Waals surface area contributed by atoms with Crippen LogP contribution >= 0.6 is 0 Å². The molecule has 0 aliphatic heterocycles. The minimum atomic E-state index is -1.02. The highest BCUT2D eigenvalue weighted by atomic mass is 16.5. The molecule has 1 atom stereocenters. The highest BCUT2D eigenvalue weighted by Crippen LogP contribution is 2.18. The number of ether oxygens (including phenoxy) is 1. The molecule has 0 saturated carbocycles. The number of amides is 1. The maximum absolute atomic E-state index is 11.8. The zero-order chi connectivity index (χ0) is 14.4. The molecule has 0 aliphatic carbocycles. The summed E-state index contributed by atoms with van der Waals surface area (Å²) in [5, 5.41) is 11.3.